The quantitative estimate of drug-likeness (QED) is 0.684. The number of hydrogen-bond donors (Lipinski definition) is 1. The van der Waals surface area contributed by atoms with Gasteiger partial charge in [0, 0.05) is 32.7 Å². The summed E-state index contributed by atoms with van der Waals surface area (Å²) in [7, 11) is 1.66. The molecule has 0 aromatic rings. The Kier molecular flexibility index (Phi) is 7.77. The summed E-state index contributed by atoms with van der Waals surface area (Å²) >= 11 is 0. The highest BCUT2D eigenvalue weighted by atomic mass is 16.5. The number of ketones is 1. The predicted molar refractivity (Wildman–Crippen MR) is 78.6 cm³/mol. The monoisotopic (exact) mass is 284 g/mol. The first-order valence-electron chi connectivity index (χ1n) is 7.58. The molecular weight excluding hydrogens is 256 g/mol. The fourth-order valence-corrected chi connectivity index (χ4v) is 2.81. The number of nitrogens with zero attached hydrogens (tertiary/aromatic N) is 1. The van der Waals surface area contributed by atoms with Crippen molar-refractivity contribution in [2.24, 2.45) is 0 Å². The summed E-state index contributed by atoms with van der Waals surface area (Å²) in [6.07, 6.45) is 4.65. The number of Topliss-reactive ketones (excluding diaryl/α,β-unsaturated/α-hetero) is 1. The lowest BCUT2D eigenvalue weighted by atomic mass is 9.96. The van der Waals surface area contributed by atoms with Crippen LogP contribution in [0.15, 0.2) is 0 Å². The fourth-order valence-electron chi connectivity index (χ4n) is 2.81. The van der Waals surface area contributed by atoms with Crippen molar-refractivity contribution in [3.63, 3.8) is 0 Å². The topological polar surface area (TPSA) is 58.6 Å². The Hall–Kier alpha value is -0.940. The molecule has 2 atom stereocenters. The molecule has 5 nitrogen and oxygen atoms in total. The smallest absolute Gasteiger partial charge is 0.237 e. The first-order valence-corrected chi connectivity index (χ1v) is 7.58. The third-order valence-corrected chi connectivity index (χ3v) is 3.90. The van der Waals surface area contributed by atoms with E-state index in [1.807, 2.05) is 6.92 Å². The van der Waals surface area contributed by atoms with E-state index >= 15 is 0 Å². The van der Waals surface area contributed by atoms with Gasteiger partial charge in [0.25, 0.3) is 0 Å². The maximum atomic E-state index is 12.2. The van der Waals surface area contributed by atoms with E-state index in [1.54, 1.807) is 14.0 Å². The van der Waals surface area contributed by atoms with Gasteiger partial charge >= 0.3 is 0 Å². The van der Waals surface area contributed by atoms with E-state index in [4.69, 9.17) is 4.74 Å². The van der Waals surface area contributed by atoms with Gasteiger partial charge in [-0.2, -0.15) is 0 Å². The molecule has 0 radical (unpaired) electrons. The van der Waals surface area contributed by atoms with Gasteiger partial charge in [0.1, 0.15) is 5.78 Å². The number of rotatable bonds is 8. The summed E-state index contributed by atoms with van der Waals surface area (Å²) in [5, 5.41) is 2.94. The lowest BCUT2D eigenvalue weighted by Crippen LogP contribution is -2.52. The number of likely N-dealkylation sites (tertiary alicyclic amines) is 1. The van der Waals surface area contributed by atoms with Crippen molar-refractivity contribution in [2.45, 2.75) is 58.0 Å². The van der Waals surface area contributed by atoms with E-state index in [0.29, 0.717) is 19.6 Å². The van der Waals surface area contributed by atoms with Crippen molar-refractivity contribution in [1.82, 2.24) is 10.2 Å². The first kappa shape index (κ1) is 17.1. The molecule has 116 valence electrons. The largest absolute Gasteiger partial charge is 0.385 e. The molecule has 0 aliphatic carbocycles. The van der Waals surface area contributed by atoms with Gasteiger partial charge in [-0.05, 0) is 39.7 Å². The number of methoxy groups -OCH3 is 1. The molecule has 0 bridgehead atoms. The maximum absolute atomic E-state index is 12.2. The van der Waals surface area contributed by atoms with E-state index in [2.05, 4.69) is 10.2 Å². The molecule has 5 heteroatoms. The number of nitrogens with one attached hydrogen (secondary N) is 1. The molecule has 1 rings (SSSR count). The van der Waals surface area contributed by atoms with Crippen LogP contribution >= 0.6 is 0 Å². The summed E-state index contributed by atoms with van der Waals surface area (Å²) in [5.41, 5.74) is 0. The van der Waals surface area contributed by atoms with Gasteiger partial charge in [0.05, 0.1) is 6.04 Å². The van der Waals surface area contributed by atoms with Gasteiger partial charge in [-0.15, -0.1) is 0 Å². The lowest BCUT2D eigenvalue weighted by molar-refractivity contribution is -0.129. The van der Waals surface area contributed by atoms with Crippen LogP contribution in [0.4, 0.5) is 0 Å². The summed E-state index contributed by atoms with van der Waals surface area (Å²) in [6.45, 7) is 5.77. The Morgan fingerprint density at radius 3 is 2.80 bits per heavy atom. The van der Waals surface area contributed by atoms with Crippen LogP contribution in [0.25, 0.3) is 0 Å². The summed E-state index contributed by atoms with van der Waals surface area (Å²) in [6, 6.07) is 0.0585. The average Bonchev–Trinajstić information content (AvgIpc) is 2.42. The number of amides is 1. The standard InChI is InChI=1S/C15H28N2O3/c1-12(18)11-14-7-4-5-9-17(14)13(2)15(19)16-8-6-10-20-3/h13-14H,4-11H2,1-3H3,(H,16,19). The minimum Gasteiger partial charge on any atom is -0.385 e. The van der Waals surface area contributed by atoms with E-state index in [1.165, 1.54) is 0 Å². The Balaban J connectivity index is 2.46. The Morgan fingerprint density at radius 1 is 1.40 bits per heavy atom. The fraction of sp³-hybridized carbons (Fsp3) is 0.867. The van der Waals surface area contributed by atoms with Crippen LogP contribution in [0.5, 0.6) is 0 Å². The Bertz CT molecular complexity index is 320. The van der Waals surface area contributed by atoms with Gasteiger partial charge in [0.2, 0.25) is 5.91 Å². The molecule has 0 saturated carbocycles. The molecule has 20 heavy (non-hydrogen) atoms. The SMILES string of the molecule is COCCCNC(=O)C(C)N1CCCCC1CC(C)=O. The van der Waals surface area contributed by atoms with Crippen molar-refractivity contribution in [3.05, 3.63) is 0 Å². The summed E-state index contributed by atoms with van der Waals surface area (Å²) < 4.78 is 4.96. The van der Waals surface area contributed by atoms with Crippen LogP contribution in [0.1, 0.15) is 46.0 Å². The number of ether oxygens (including phenoxy) is 1. The molecule has 0 spiro atoms. The molecule has 1 aliphatic rings. The molecular formula is C15H28N2O3. The number of piperidine rings is 1. The van der Waals surface area contributed by atoms with Gasteiger partial charge < -0.3 is 10.1 Å². The predicted octanol–water partition coefficient (Wildman–Crippen LogP) is 1.36. The van der Waals surface area contributed by atoms with E-state index in [0.717, 1.165) is 32.2 Å². The average molecular weight is 284 g/mol. The van der Waals surface area contributed by atoms with E-state index in [-0.39, 0.29) is 23.8 Å². The second-order valence-corrected chi connectivity index (χ2v) is 5.61. The first-order chi connectivity index (χ1) is 9.56. The number of hydrogen-bond acceptors (Lipinski definition) is 4. The molecule has 1 saturated heterocycles. The highest BCUT2D eigenvalue weighted by Gasteiger charge is 2.30. The maximum Gasteiger partial charge on any atom is 0.237 e. The highest BCUT2D eigenvalue weighted by Crippen LogP contribution is 2.22. The van der Waals surface area contributed by atoms with Crippen molar-refractivity contribution in [1.29, 1.82) is 0 Å². The highest BCUT2D eigenvalue weighted by molar-refractivity contribution is 5.81. The second kappa shape index (κ2) is 9.08. The number of carbonyl (C=O) groups excluding carboxylic acids is 2. The second-order valence-electron chi connectivity index (χ2n) is 5.61. The minimum atomic E-state index is -0.165. The molecule has 1 N–H and O–H groups in total. The van der Waals surface area contributed by atoms with E-state index < -0.39 is 0 Å². The van der Waals surface area contributed by atoms with E-state index in [9.17, 15) is 9.59 Å². The summed E-state index contributed by atoms with van der Waals surface area (Å²) in [5.74, 6) is 0.256. The van der Waals surface area contributed by atoms with Crippen LogP contribution in [0, 0.1) is 0 Å². The van der Waals surface area contributed by atoms with Crippen LogP contribution in [-0.2, 0) is 14.3 Å². The normalized spacial score (nSPS) is 21.4. The Labute approximate surface area is 122 Å². The molecule has 0 aromatic heterocycles. The number of carbonyl (C=O) groups is 2. The van der Waals surface area contributed by atoms with Gasteiger partial charge in [0.15, 0.2) is 0 Å². The Morgan fingerprint density at radius 2 is 2.15 bits per heavy atom. The molecule has 1 amide bonds. The molecule has 0 aromatic carbocycles. The van der Waals surface area contributed by atoms with Gasteiger partial charge in [-0.1, -0.05) is 6.42 Å². The van der Waals surface area contributed by atoms with Crippen molar-refractivity contribution in [2.75, 3.05) is 26.8 Å². The zero-order valence-electron chi connectivity index (χ0n) is 13.0. The van der Waals surface area contributed by atoms with Crippen LogP contribution in [0.2, 0.25) is 0 Å². The van der Waals surface area contributed by atoms with Crippen LogP contribution in [-0.4, -0.2) is 55.5 Å². The third-order valence-electron chi connectivity index (χ3n) is 3.90. The van der Waals surface area contributed by atoms with Crippen LogP contribution in [0.3, 0.4) is 0 Å². The minimum absolute atomic E-state index is 0.0524. The molecule has 2 unspecified atom stereocenters. The molecule has 1 heterocycles. The molecule has 1 fully saturated rings. The van der Waals surface area contributed by atoms with Crippen molar-refractivity contribution >= 4 is 11.7 Å². The van der Waals surface area contributed by atoms with Crippen molar-refractivity contribution < 1.29 is 14.3 Å². The zero-order chi connectivity index (χ0) is 15.0. The zero-order valence-corrected chi connectivity index (χ0v) is 13.0. The summed E-state index contributed by atoms with van der Waals surface area (Å²) in [4.78, 5) is 25.7. The lowest BCUT2D eigenvalue weighted by Gasteiger charge is -2.38. The van der Waals surface area contributed by atoms with Crippen molar-refractivity contribution in [3.8, 4) is 0 Å². The van der Waals surface area contributed by atoms with Crippen LogP contribution < -0.4 is 5.32 Å². The third kappa shape index (κ3) is 5.59. The van der Waals surface area contributed by atoms with Gasteiger partial charge in [-0.25, -0.2) is 0 Å². The van der Waals surface area contributed by atoms with Gasteiger partial charge in [-0.3, -0.25) is 14.5 Å². The molecule has 1 aliphatic heterocycles.